The van der Waals surface area contributed by atoms with Gasteiger partial charge in [-0.1, -0.05) is 6.07 Å². The van der Waals surface area contributed by atoms with E-state index in [1.165, 1.54) is 7.11 Å². The number of carbonyl (C=O) groups is 2. The number of rotatable bonds is 6. The summed E-state index contributed by atoms with van der Waals surface area (Å²) in [7, 11) is 1.52. The average molecular weight is 418 g/mol. The Bertz CT molecular complexity index is 1140. The highest BCUT2D eigenvalue weighted by atomic mass is 16.5. The third-order valence-corrected chi connectivity index (χ3v) is 5.29. The summed E-state index contributed by atoms with van der Waals surface area (Å²) in [5.41, 5.74) is 8.63. The largest absolute Gasteiger partial charge is 0.496 e. The number of fused-ring (bicyclic) bond motifs is 1. The van der Waals surface area contributed by atoms with E-state index in [-0.39, 0.29) is 5.78 Å². The van der Waals surface area contributed by atoms with Crippen LogP contribution in [-0.2, 0) is 0 Å². The minimum atomic E-state index is -0.559. The van der Waals surface area contributed by atoms with Crippen molar-refractivity contribution >= 4 is 11.7 Å². The Hall–Kier alpha value is -3.87. The Morgan fingerprint density at radius 1 is 1.13 bits per heavy atom. The van der Waals surface area contributed by atoms with Crippen LogP contribution in [0.4, 0.5) is 0 Å². The molecular weight excluding hydrogens is 396 g/mol. The summed E-state index contributed by atoms with van der Waals surface area (Å²) in [6, 6.07) is 12.2. The Morgan fingerprint density at radius 2 is 1.90 bits per heavy atom. The van der Waals surface area contributed by atoms with Crippen molar-refractivity contribution in [3.8, 4) is 17.2 Å². The first-order valence-corrected chi connectivity index (χ1v) is 9.83. The maximum absolute atomic E-state index is 12.2. The van der Waals surface area contributed by atoms with Gasteiger partial charge in [0.25, 0.3) is 0 Å². The molecule has 2 heterocycles. The number of ketones is 1. The number of aromatic nitrogens is 1. The molecule has 2 N–H and O–H groups in total. The monoisotopic (exact) mass is 418 g/mol. The van der Waals surface area contributed by atoms with Gasteiger partial charge in [0.2, 0.25) is 5.91 Å². The zero-order chi connectivity index (χ0) is 22.0. The number of nitrogens with two attached hydrogens (primary N) is 1. The molecule has 7 nitrogen and oxygen atoms in total. The van der Waals surface area contributed by atoms with Gasteiger partial charge in [-0.15, -0.1) is 0 Å². The molecule has 0 unspecified atom stereocenters. The second kappa shape index (κ2) is 8.47. The fraction of sp³-hybridized carbons (Fsp3) is 0.208. The number of pyridine rings is 1. The lowest BCUT2D eigenvalue weighted by Gasteiger charge is -2.25. The van der Waals surface area contributed by atoms with E-state index in [9.17, 15) is 9.59 Å². The van der Waals surface area contributed by atoms with Crippen molar-refractivity contribution in [3.05, 3.63) is 82.7 Å². The van der Waals surface area contributed by atoms with E-state index >= 15 is 0 Å². The van der Waals surface area contributed by atoms with E-state index in [0.29, 0.717) is 47.0 Å². The first kappa shape index (κ1) is 20.4. The van der Waals surface area contributed by atoms with Crippen LogP contribution in [0.3, 0.4) is 0 Å². The molecule has 0 fully saturated rings. The summed E-state index contributed by atoms with van der Waals surface area (Å²) >= 11 is 0. The van der Waals surface area contributed by atoms with Crippen molar-refractivity contribution in [2.24, 2.45) is 5.73 Å². The molecule has 1 atom stereocenters. The predicted molar refractivity (Wildman–Crippen MR) is 114 cm³/mol. The number of amides is 1. The molecular formula is C24H22N2O5. The van der Waals surface area contributed by atoms with E-state index in [1.54, 1.807) is 42.7 Å². The summed E-state index contributed by atoms with van der Waals surface area (Å²) < 4.78 is 17.7. The summed E-state index contributed by atoms with van der Waals surface area (Å²) in [5.74, 6) is 1.12. The standard InChI is InChI=1S/C24H22N2O5/c1-14-20(6-5-17-19(27)9-12-30-22(14)17)31-23(15-7-10-26-11-8-15)18-4-3-16(24(25)28)13-21(18)29-2/h3-8,10-11,13,23H,9,12H2,1-2H3,(H2,25,28)/t23-/m1/s1. The molecule has 1 aliphatic heterocycles. The van der Waals surface area contributed by atoms with Gasteiger partial charge in [0.05, 0.1) is 19.3 Å². The number of hydrogen-bond acceptors (Lipinski definition) is 6. The highest BCUT2D eigenvalue weighted by molar-refractivity contribution is 6.00. The average Bonchev–Trinajstić information content (AvgIpc) is 2.79. The van der Waals surface area contributed by atoms with Gasteiger partial charge < -0.3 is 19.9 Å². The highest BCUT2D eigenvalue weighted by Crippen LogP contribution is 2.40. The van der Waals surface area contributed by atoms with Gasteiger partial charge in [0, 0.05) is 41.1 Å². The number of benzene rings is 2. The number of primary amides is 1. The van der Waals surface area contributed by atoms with Crippen molar-refractivity contribution in [2.75, 3.05) is 13.7 Å². The number of carbonyl (C=O) groups excluding carboxylic acids is 2. The predicted octanol–water partition coefficient (Wildman–Crippen LogP) is 3.63. The van der Waals surface area contributed by atoms with Gasteiger partial charge in [0.1, 0.15) is 17.2 Å². The second-order valence-electron chi connectivity index (χ2n) is 7.19. The molecule has 0 aliphatic carbocycles. The molecule has 0 saturated heterocycles. The molecule has 0 saturated carbocycles. The fourth-order valence-electron chi connectivity index (χ4n) is 3.64. The van der Waals surface area contributed by atoms with Crippen LogP contribution in [-0.4, -0.2) is 30.4 Å². The maximum atomic E-state index is 12.2. The molecule has 3 aromatic rings. The minimum Gasteiger partial charge on any atom is -0.496 e. The van der Waals surface area contributed by atoms with Crippen LogP contribution in [0, 0.1) is 6.92 Å². The topological polar surface area (TPSA) is 101 Å². The van der Waals surface area contributed by atoms with Gasteiger partial charge in [-0.3, -0.25) is 14.6 Å². The lowest BCUT2D eigenvalue weighted by Crippen LogP contribution is -2.18. The van der Waals surface area contributed by atoms with Crippen LogP contribution in [0.1, 0.15) is 49.9 Å². The summed E-state index contributed by atoms with van der Waals surface area (Å²) in [6.45, 7) is 2.22. The first-order chi connectivity index (χ1) is 15.0. The molecule has 1 aromatic heterocycles. The van der Waals surface area contributed by atoms with Gasteiger partial charge in [-0.2, -0.15) is 0 Å². The number of nitrogens with zero attached hydrogens (tertiary/aromatic N) is 1. The SMILES string of the molecule is COc1cc(C(N)=O)ccc1[C@H](Oc1ccc2c(c1C)OCCC2=O)c1ccncc1. The molecule has 1 aliphatic rings. The van der Waals surface area contributed by atoms with Crippen molar-refractivity contribution in [2.45, 2.75) is 19.4 Å². The van der Waals surface area contributed by atoms with Crippen LogP contribution in [0.5, 0.6) is 17.2 Å². The maximum Gasteiger partial charge on any atom is 0.248 e. The normalized spacial score (nSPS) is 13.7. The number of methoxy groups -OCH3 is 1. The number of hydrogen-bond donors (Lipinski definition) is 1. The number of Topliss-reactive ketones (excluding diaryl/α,β-unsaturated/α-hetero) is 1. The van der Waals surface area contributed by atoms with E-state index in [1.807, 2.05) is 19.1 Å². The van der Waals surface area contributed by atoms with Crippen LogP contribution in [0.15, 0.2) is 54.9 Å². The Balaban J connectivity index is 1.80. The Labute approximate surface area is 179 Å². The van der Waals surface area contributed by atoms with Gasteiger partial charge in [-0.05, 0) is 43.3 Å². The van der Waals surface area contributed by atoms with E-state index in [0.717, 1.165) is 11.1 Å². The van der Waals surface area contributed by atoms with Crippen molar-refractivity contribution in [1.29, 1.82) is 0 Å². The van der Waals surface area contributed by atoms with E-state index in [4.69, 9.17) is 19.9 Å². The minimum absolute atomic E-state index is 0.0605. The first-order valence-electron chi connectivity index (χ1n) is 9.83. The second-order valence-corrected chi connectivity index (χ2v) is 7.19. The molecule has 4 rings (SSSR count). The van der Waals surface area contributed by atoms with Crippen LogP contribution >= 0.6 is 0 Å². The third-order valence-electron chi connectivity index (χ3n) is 5.29. The van der Waals surface area contributed by atoms with Gasteiger partial charge in [0.15, 0.2) is 11.9 Å². The van der Waals surface area contributed by atoms with Crippen LogP contribution in [0.2, 0.25) is 0 Å². The molecule has 158 valence electrons. The molecule has 7 heteroatoms. The summed E-state index contributed by atoms with van der Waals surface area (Å²) in [4.78, 5) is 27.9. The fourth-order valence-corrected chi connectivity index (χ4v) is 3.64. The highest BCUT2D eigenvalue weighted by Gasteiger charge is 2.26. The van der Waals surface area contributed by atoms with Gasteiger partial charge >= 0.3 is 0 Å². The molecule has 1 amide bonds. The van der Waals surface area contributed by atoms with E-state index < -0.39 is 12.0 Å². The lowest BCUT2D eigenvalue weighted by atomic mass is 9.98. The van der Waals surface area contributed by atoms with Crippen molar-refractivity contribution < 1.29 is 23.8 Å². The van der Waals surface area contributed by atoms with E-state index in [2.05, 4.69) is 4.98 Å². The quantitative estimate of drug-likeness (QED) is 0.656. The Morgan fingerprint density at radius 3 is 2.61 bits per heavy atom. The third kappa shape index (κ3) is 3.94. The lowest BCUT2D eigenvalue weighted by molar-refractivity contribution is 0.0931. The zero-order valence-electron chi connectivity index (χ0n) is 17.3. The molecule has 2 aromatic carbocycles. The van der Waals surface area contributed by atoms with Crippen molar-refractivity contribution in [3.63, 3.8) is 0 Å². The van der Waals surface area contributed by atoms with Crippen LogP contribution < -0.4 is 19.9 Å². The number of ether oxygens (including phenoxy) is 3. The molecule has 0 bridgehead atoms. The van der Waals surface area contributed by atoms with Crippen molar-refractivity contribution in [1.82, 2.24) is 4.98 Å². The van der Waals surface area contributed by atoms with Gasteiger partial charge in [-0.25, -0.2) is 0 Å². The zero-order valence-corrected chi connectivity index (χ0v) is 17.3. The molecule has 0 radical (unpaired) electrons. The molecule has 0 spiro atoms. The summed E-state index contributed by atoms with van der Waals surface area (Å²) in [6.07, 6.45) is 3.17. The molecule has 31 heavy (non-hydrogen) atoms. The Kier molecular flexibility index (Phi) is 5.58. The van der Waals surface area contributed by atoms with Crippen LogP contribution in [0.25, 0.3) is 0 Å². The summed E-state index contributed by atoms with van der Waals surface area (Å²) in [5, 5.41) is 0. The smallest absolute Gasteiger partial charge is 0.248 e.